The fraction of sp³-hybridized carbons (Fsp3) is 0.375. The third-order valence-electron chi connectivity index (χ3n) is 3.79. The van der Waals surface area contributed by atoms with Crippen LogP contribution in [0.4, 0.5) is 0 Å². The highest BCUT2D eigenvalue weighted by molar-refractivity contribution is 9.10. The van der Waals surface area contributed by atoms with E-state index in [1.807, 2.05) is 17.5 Å². The molecule has 0 amide bonds. The number of benzene rings is 1. The highest BCUT2D eigenvalue weighted by atomic mass is 79.9. The molecule has 1 aliphatic rings. The van der Waals surface area contributed by atoms with Crippen molar-refractivity contribution in [2.75, 3.05) is 13.2 Å². The minimum Gasteiger partial charge on any atom is -0.377 e. The summed E-state index contributed by atoms with van der Waals surface area (Å²) in [6, 6.07) is 10.7. The van der Waals surface area contributed by atoms with Gasteiger partial charge < -0.3 is 4.74 Å². The smallest absolute Gasteiger partial charge is 0.243 e. The van der Waals surface area contributed by atoms with E-state index >= 15 is 0 Å². The van der Waals surface area contributed by atoms with Crippen LogP contribution in [0.2, 0.25) is 0 Å². The van der Waals surface area contributed by atoms with Gasteiger partial charge in [0.1, 0.15) is 0 Å². The lowest BCUT2D eigenvalue weighted by molar-refractivity contribution is 0.0927. The molecule has 3 rings (SSSR count). The van der Waals surface area contributed by atoms with Gasteiger partial charge in [-0.25, -0.2) is 8.42 Å². The average Bonchev–Trinajstić information content (AvgIpc) is 3.20. The van der Waals surface area contributed by atoms with Gasteiger partial charge in [-0.3, -0.25) is 0 Å². The first-order valence-corrected chi connectivity index (χ1v) is 10.6. The number of hydrogen-bond donors (Lipinski definition) is 0. The van der Waals surface area contributed by atoms with Gasteiger partial charge >= 0.3 is 0 Å². The standard InChI is InChI=1S/C16H18BrNO3S2/c17-13-5-7-16(8-6-13)23(19,20)18(11-14-3-1-9-21-14)12-15-4-2-10-22-15/h2,4-8,10,14H,1,3,9,11-12H2/t14-/m1/s1. The van der Waals surface area contributed by atoms with Gasteiger partial charge in [0.25, 0.3) is 0 Å². The number of hydrogen-bond acceptors (Lipinski definition) is 4. The van der Waals surface area contributed by atoms with Crippen molar-refractivity contribution in [2.24, 2.45) is 0 Å². The van der Waals surface area contributed by atoms with Crippen molar-refractivity contribution in [1.29, 1.82) is 0 Å². The van der Waals surface area contributed by atoms with E-state index in [4.69, 9.17) is 4.74 Å². The topological polar surface area (TPSA) is 46.6 Å². The van der Waals surface area contributed by atoms with Crippen molar-refractivity contribution in [3.63, 3.8) is 0 Å². The SMILES string of the molecule is O=S(=O)(c1ccc(Br)cc1)N(Cc1cccs1)C[C@H]1CCCO1. The molecule has 0 spiro atoms. The van der Waals surface area contributed by atoms with Crippen LogP contribution in [0.3, 0.4) is 0 Å². The van der Waals surface area contributed by atoms with E-state index in [1.54, 1.807) is 35.6 Å². The van der Waals surface area contributed by atoms with Crippen molar-refractivity contribution in [2.45, 2.75) is 30.4 Å². The molecule has 23 heavy (non-hydrogen) atoms. The van der Waals surface area contributed by atoms with Crippen LogP contribution in [-0.4, -0.2) is 32.0 Å². The number of rotatable bonds is 6. The maximum absolute atomic E-state index is 13.0. The molecule has 1 fully saturated rings. The second-order valence-corrected chi connectivity index (χ2v) is 9.35. The van der Waals surface area contributed by atoms with Gasteiger partial charge in [-0.2, -0.15) is 4.31 Å². The molecule has 0 radical (unpaired) electrons. The maximum atomic E-state index is 13.0. The summed E-state index contributed by atoms with van der Waals surface area (Å²) in [5.41, 5.74) is 0. The normalized spacial score (nSPS) is 18.6. The molecule has 2 aromatic rings. The summed E-state index contributed by atoms with van der Waals surface area (Å²) in [6.07, 6.45) is 1.90. The van der Waals surface area contributed by atoms with Crippen molar-refractivity contribution >= 4 is 37.3 Å². The van der Waals surface area contributed by atoms with E-state index in [2.05, 4.69) is 15.9 Å². The maximum Gasteiger partial charge on any atom is 0.243 e. The van der Waals surface area contributed by atoms with Crippen LogP contribution in [0.5, 0.6) is 0 Å². The van der Waals surface area contributed by atoms with E-state index in [9.17, 15) is 8.42 Å². The molecular weight excluding hydrogens is 398 g/mol. The van der Waals surface area contributed by atoms with Crippen LogP contribution in [0, 0.1) is 0 Å². The lowest BCUT2D eigenvalue weighted by atomic mass is 10.2. The molecule has 0 N–H and O–H groups in total. The molecule has 1 aromatic carbocycles. The van der Waals surface area contributed by atoms with E-state index in [0.29, 0.717) is 18.0 Å². The number of thiophene rings is 1. The van der Waals surface area contributed by atoms with Crippen LogP contribution in [0.15, 0.2) is 51.1 Å². The van der Waals surface area contributed by atoms with Gasteiger partial charge in [-0.15, -0.1) is 11.3 Å². The molecule has 4 nitrogen and oxygen atoms in total. The van der Waals surface area contributed by atoms with Crippen molar-refractivity contribution in [3.05, 3.63) is 51.1 Å². The molecule has 0 aliphatic carbocycles. The summed E-state index contributed by atoms with van der Waals surface area (Å²) in [5, 5.41) is 1.96. The van der Waals surface area contributed by atoms with Crippen LogP contribution >= 0.6 is 27.3 Å². The lowest BCUT2D eigenvalue weighted by Crippen LogP contribution is -2.36. The largest absolute Gasteiger partial charge is 0.377 e. The van der Waals surface area contributed by atoms with Crippen LogP contribution in [0.25, 0.3) is 0 Å². The molecule has 0 unspecified atom stereocenters. The Bertz CT molecular complexity index is 723. The minimum atomic E-state index is -3.54. The first kappa shape index (κ1) is 17.1. The third-order valence-corrected chi connectivity index (χ3v) is 7.01. The number of ether oxygens (including phenoxy) is 1. The zero-order valence-corrected chi connectivity index (χ0v) is 15.7. The summed E-state index contributed by atoms with van der Waals surface area (Å²) < 4.78 is 34.1. The van der Waals surface area contributed by atoms with Crippen LogP contribution in [-0.2, 0) is 21.3 Å². The fourth-order valence-corrected chi connectivity index (χ4v) is 5.11. The quantitative estimate of drug-likeness (QED) is 0.718. The number of sulfonamides is 1. The van der Waals surface area contributed by atoms with E-state index < -0.39 is 10.0 Å². The van der Waals surface area contributed by atoms with Gasteiger partial charge in [0.15, 0.2) is 0 Å². The van der Waals surface area contributed by atoms with Gasteiger partial charge in [0.05, 0.1) is 11.0 Å². The van der Waals surface area contributed by atoms with Crippen molar-refractivity contribution in [1.82, 2.24) is 4.31 Å². The zero-order chi connectivity index (χ0) is 16.3. The molecular formula is C16H18BrNO3S2. The number of nitrogens with zero attached hydrogens (tertiary/aromatic N) is 1. The molecule has 7 heteroatoms. The predicted octanol–water partition coefficient (Wildman–Crippen LogP) is 3.88. The van der Waals surface area contributed by atoms with Gasteiger partial charge in [-0.05, 0) is 48.6 Å². The van der Waals surface area contributed by atoms with Gasteiger partial charge in [0.2, 0.25) is 10.0 Å². The summed E-state index contributed by atoms with van der Waals surface area (Å²) in [6.45, 7) is 1.50. The lowest BCUT2D eigenvalue weighted by Gasteiger charge is -2.24. The zero-order valence-electron chi connectivity index (χ0n) is 12.5. The van der Waals surface area contributed by atoms with Gasteiger partial charge in [0, 0.05) is 29.0 Å². The number of halogens is 1. The summed E-state index contributed by atoms with van der Waals surface area (Å²) in [7, 11) is -3.54. The first-order valence-electron chi connectivity index (χ1n) is 7.45. The molecule has 1 atom stereocenters. The van der Waals surface area contributed by atoms with E-state index in [-0.39, 0.29) is 6.10 Å². The average molecular weight is 416 g/mol. The van der Waals surface area contributed by atoms with Crippen LogP contribution in [0.1, 0.15) is 17.7 Å². The van der Waals surface area contributed by atoms with Gasteiger partial charge in [-0.1, -0.05) is 22.0 Å². The van der Waals surface area contributed by atoms with E-state index in [1.165, 1.54) is 4.31 Å². The highest BCUT2D eigenvalue weighted by Gasteiger charge is 2.29. The Balaban J connectivity index is 1.87. The van der Waals surface area contributed by atoms with E-state index in [0.717, 1.165) is 28.8 Å². The second kappa shape index (κ2) is 7.44. The van der Waals surface area contributed by atoms with Crippen LogP contribution < -0.4 is 0 Å². The molecule has 0 bridgehead atoms. The summed E-state index contributed by atoms with van der Waals surface area (Å²) in [4.78, 5) is 1.35. The summed E-state index contributed by atoms with van der Waals surface area (Å²) in [5.74, 6) is 0. The highest BCUT2D eigenvalue weighted by Crippen LogP contribution is 2.24. The Hall–Kier alpha value is -0.730. The fourth-order valence-electron chi connectivity index (χ4n) is 2.60. The third kappa shape index (κ3) is 4.22. The summed E-state index contributed by atoms with van der Waals surface area (Å²) >= 11 is 4.91. The Kier molecular flexibility index (Phi) is 5.53. The molecule has 2 heterocycles. The second-order valence-electron chi connectivity index (χ2n) is 5.47. The molecule has 0 saturated carbocycles. The monoisotopic (exact) mass is 415 g/mol. The van der Waals surface area contributed by atoms with Crippen molar-refractivity contribution < 1.29 is 13.2 Å². The molecule has 124 valence electrons. The Labute approximate surface area is 149 Å². The predicted molar refractivity (Wildman–Crippen MR) is 95.0 cm³/mol. The Morgan fingerprint density at radius 2 is 2.04 bits per heavy atom. The molecule has 1 saturated heterocycles. The van der Waals surface area contributed by atoms with Crippen molar-refractivity contribution in [3.8, 4) is 0 Å². The Morgan fingerprint density at radius 3 is 2.65 bits per heavy atom. The Morgan fingerprint density at radius 1 is 1.26 bits per heavy atom. The molecule has 1 aliphatic heterocycles. The minimum absolute atomic E-state index is 0.0137. The first-order chi connectivity index (χ1) is 11.1. The molecule has 1 aromatic heterocycles.